The van der Waals surface area contributed by atoms with E-state index in [-0.39, 0.29) is 0 Å². The van der Waals surface area contributed by atoms with Crippen LogP contribution in [0.4, 0.5) is 0 Å². The summed E-state index contributed by atoms with van der Waals surface area (Å²) in [5.41, 5.74) is 1.19. The minimum absolute atomic E-state index is 0.357. The van der Waals surface area contributed by atoms with Crippen molar-refractivity contribution in [2.24, 2.45) is 0 Å². The summed E-state index contributed by atoms with van der Waals surface area (Å²) >= 11 is 13.4. The lowest BCUT2D eigenvalue weighted by Crippen LogP contribution is -1.93. The van der Waals surface area contributed by atoms with Crippen LogP contribution in [0.25, 0.3) is 11.0 Å². The number of methoxy groups -OCH3 is 1. The highest BCUT2D eigenvalue weighted by atomic mass is 35.5. The van der Waals surface area contributed by atoms with Crippen molar-refractivity contribution in [3.05, 3.63) is 22.3 Å². The Hall–Kier alpha value is -0.710. The maximum Gasteiger partial charge on any atom is 0.162 e. The van der Waals surface area contributed by atoms with Crippen LogP contribution in [0.3, 0.4) is 0 Å². The first kappa shape index (κ1) is 11.8. The fourth-order valence-corrected chi connectivity index (χ4v) is 2.29. The third-order valence-corrected chi connectivity index (χ3v) is 3.43. The van der Waals surface area contributed by atoms with Crippen LogP contribution < -0.4 is 4.74 Å². The van der Waals surface area contributed by atoms with Crippen molar-refractivity contribution in [3.8, 4) is 5.75 Å². The van der Waals surface area contributed by atoms with Crippen molar-refractivity contribution in [3.63, 3.8) is 0 Å². The molecule has 6 heteroatoms. The van der Waals surface area contributed by atoms with Gasteiger partial charge < -0.3 is 4.74 Å². The molecule has 1 aromatic heterocycles. The van der Waals surface area contributed by atoms with E-state index in [1.165, 1.54) is 11.8 Å². The van der Waals surface area contributed by atoms with Crippen molar-refractivity contribution in [2.45, 2.75) is 5.03 Å². The van der Waals surface area contributed by atoms with Gasteiger partial charge in [0.05, 0.1) is 12.1 Å². The summed E-state index contributed by atoms with van der Waals surface area (Å²) in [5, 5.41) is 1.53. The Bertz CT molecular complexity index is 548. The Morgan fingerprint density at radius 3 is 2.56 bits per heavy atom. The molecule has 0 fully saturated rings. The molecule has 0 aliphatic heterocycles. The minimum Gasteiger partial charge on any atom is -0.494 e. The molecule has 2 aromatic rings. The van der Waals surface area contributed by atoms with Gasteiger partial charge in [0.15, 0.2) is 5.15 Å². The molecule has 3 nitrogen and oxygen atoms in total. The van der Waals surface area contributed by atoms with Gasteiger partial charge in [-0.25, -0.2) is 9.97 Å². The zero-order valence-electron chi connectivity index (χ0n) is 8.62. The number of ether oxygens (including phenoxy) is 1. The van der Waals surface area contributed by atoms with E-state index in [4.69, 9.17) is 27.9 Å². The molecule has 1 aromatic carbocycles. The highest BCUT2D eigenvalue weighted by Gasteiger charge is 2.12. The maximum atomic E-state index is 6.03. The predicted octanol–water partition coefficient (Wildman–Crippen LogP) is 3.67. The van der Waals surface area contributed by atoms with Crippen LogP contribution in [-0.2, 0) is 0 Å². The third kappa shape index (κ3) is 1.93. The van der Waals surface area contributed by atoms with E-state index < -0.39 is 0 Å². The van der Waals surface area contributed by atoms with Crippen molar-refractivity contribution < 1.29 is 4.74 Å². The van der Waals surface area contributed by atoms with Crippen LogP contribution in [-0.4, -0.2) is 23.3 Å². The minimum atomic E-state index is 0.357. The lowest BCUT2D eigenvalue weighted by Gasteiger charge is -2.07. The van der Waals surface area contributed by atoms with Gasteiger partial charge in [0, 0.05) is 0 Å². The molecule has 0 spiro atoms. The number of rotatable bonds is 2. The second kappa shape index (κ2) is 4.65. The SMILES string of the molecule is COc1ccc(Cl)c2nc(Cl)c(SC)nc12. The number of fused-ring (bicyclic) bond motifs is 1. The van der Waals surface area contributed by atoms with Gasteiger partial charge in [-0.2, -0.15) is 0 Å². The predicted molar refractivity (Wildman–Crippen MR) is 67.9 cm³/mol. The van der Waals surface area contributed by atoms with Crippen molar-refractivity contribution >= 4 is 46.0 Å². The molecule has 0 aliphatic carbocycles. The topological polar surface area (TPSA) is 35.0 Å². The fraction of sp³-hybridized carbons (Fsp3) is 0.200. The second-order valence-electron chi connectivity index (χ2n) is 2.97. The van der Waals surface area contributed by atoms with E-state index in [0.717, 1.165) is 0 Å². The number of nitrogens with zero attached hydrogens (tertiary/aromatic N) is 2. The third-order valence-electron chi connectivity index (χ3n) is 2.08. The smallest absolute Gasteiger partial charge is 0.162 e. The van der Waals surface area contributed by atoms with Crippen LogP contribution in [0.15, 0.2) is 17.2 Å². The molecule has 84 valence electrons. The normalized spacial score (nSPS) is 10.8. The molecular formula is C10H8Cl2N2OS. The van der Waals surface area contributed by atoms with Gasteiger partial charge in [0.1, 0.15) is 21.8 Å². The number of hydrogen-bond acceptors (Lipinski definition) is 4. The van der Waals surface area contributed by atoms with Crippen LogP contribution in [0.2, 0.25) is 10.2 Å². The van der Waals surface area contributed by atoms with Crippen LogP contribution in [0.1, 0.15) is 0 Å². The molecule has 0 atom stereocenters. The largest absolute Gasteiger partial charge is 0.494 e. The lowest BCUT2D eigenvalue weighted by molar-refractivity contribution is 0.418. The van der Waals surface area contributed by atoms with Gasteiger partial charge in [0.2, 0.25) is 0 Å². The van der Waals surface area contributed by atoms with E-state index in [9.17, 15) is 0 Å². The van der Waals surface area contributed by atoms with E-state index in [0.29, 0.717) is 32.0 Å². The van der Waals surface area contributed by atoms with E-state index in [2.05, 4.69) is 9.97 Å². The lowest BCUT2D eigenvalue weighted by atomic mass is 10.3. The second-order valence-corrected chi connectivity index (χ2v) is 4.53. The van der Waals surface area contributed by atoms with Gasteiger partial charge in [-0.05, 0) is 18.4 Å². The molecule has 0 bridgehead atoms. The molecule has 0 N–H and O–H groups in total. The van der Waals surface area contributed by atoms with E-state index >= 15 is 0 Å². The summed E-state index contributed by atoms with van der Waals surface area (Å²) in [4.78, 5) is 8.61. The fourth-order valence-electron chi connectivity index (χ4n) is 1.34. The number of benzene rings is 1. The molecule has 1 heterocycles. The van der Waals surface area contributed by atoms with Crippen LogP contribution >= 0.6 is 35.0 Å². The van der Waals surface area contributed by atoms with Gasteiger partial charge in [-0.15, -0.1) is 11.8 Å². The molecule has 16 heavy (non-hydrogen) atoms. The highest BCUT2D eigenvalue weighted by Crippen LogP contribution is 2.32. The summed E-state index contributed by atoms with van der Waals surface area (Å²) in [6.07, 6.45) is 1.89. The van der Waals surface area contributed by atoms with Crippen LogP contribution in [0, 0.1) is 0 Å². The number of aromatic nitrogens is 2. The average Bonchev–Trinajstić information content (AvgIpc) is 2.30. The number of thioether (sulfide) groups is 1. The standard InChI is InChI=1S/C10H8Cl2N2OS/c1-15-6-4-3-5(11)7-8(6)14-10(16-2)9(12)13-7/h3-4H,1-2H3. The average molecular weight is 275 g/mol. The molecule has 0 saturated heterocycles. The molecule has 2 rings (SSSR count). The quantitative estimate of drug-likeness (QED) is 0.783. The van der Waals surface area contributed by atoms with Gasteiger partial charge in [-0.1, -0.05) is 23.2 Å². The van der Waals surface area contributed by atoms with Crippen LogP contribution in [0.5, 0.6) is 5.75 Å². The van der Waals surface area contributed by atoms with Gasteiger partial charge >= 0.3 is 0 Å². The number of halogens is 2. The first-order valence-corrected chi connectivity index (χ1v) is 6.39. The van der Waals surface area contributed by atoms with Crippen molar-refractivity contribution in [1.29, 1.82) is 0 Å². The Balaban J connectivity index is 2.83. The molecule has 0 amide bonds. The first-order chi connectivity index (χ1) is 7.67. The molecule has 0 radical (unpaired) electrons. The summed E-state index contributed by atoms with van der Waals surface area (Å²) in [6, 6.07) is 3.48. The summed E-state index contributed by atoms with van der Waals surface area (Å²) in [5.74, 6) is 0.638. The zero-order chi connectivity index (χ0) is 11.7. The number of hydrogen-bond donors (Lipinski definition) is 0. The van der Waals surface area contributed by atoms with Crippen molar-refractivity contribution in [1.82, 2.24) is 9.97 Å². The Morgan fingerprint density at radius 2 is 1.94 bits per heavy atom. The van der Waals surface area contributed by atoms with E-state index in [1.807, 2.05) is 6.26 Å². The molecule has 0 unspecified atom stereocenters. The van der Waals surface area contributed by atoms with Gasteiger partial charge in [-0.3, -0.25) is 0 Å². The zero-order valence-corrected chi connectivity index (χ0v) is 10.9. The Labute approximate surface area is 107 Å². The van der Waals surface area contributed by atoms with Gasteiger partial charge in [0.25, 0.3) is 0 Å². The Kier molecular flexibility index (Phi) is 3.42. The molecule has 0 aliphatic rings. The monoisotopic (exact) mass is 274 g/mol. The first-order valence-electron chi connectivity index (χ1n) is 4.41. The molecule has 0 saturated carbocycles. The summed E-state index contributed by atoms with van der Waals surface area (Å²) in [7, 11) is 1.58. The summed E-state index contributed by atoms with van der Waals surface area (Å²) < 4.78 is 5.21. The highest BCUT2D eigenvalue weighted by molar-refractivity contribution is 7.98. The Morgan fingerprint density at radius 1 is 1.19 bits per heavy atom. The van der Waals surface area contributed by atoms with E-state index in [1.54, 1.807) is 19.2 Å². The summed E-state index contributed by atoms with van der Waals surface area (Å²) in [6.45, 7) is 0. The maximum absolute atomic E-state index is 6.03. The van der Waals surface area contributed by atoms with Crippen molar-refractivity contribution in [2.75, 3.05) is 13.4 Å². The molecular weight excluding hydrogens is 267 g/mol.